The molecule has 0 bridgehead atoms. The summed E-state index contributed by atoms with van der Waals surface area (Å²) in [7, 11) is 1.56. The molecule has 2 aromatic carbocycles. The summed E-state index contributed by atoms with van der Waals surface area (Å²) in [6.45, 7) is 0.570. The van der Waals surface area contributed by atoms with Crippen LogP contribution in [0.2, 0.25) is 15.1 Å². The molecule has 0 N–H and O–H groups in total. The first kappa shape index (κ1) is 23.5. The Hall–Kier alpha value is -2.12. The fourth-order valence-corrected chi connectivity index (χ4v) is 3.93. The molecule has 9 heteroatoms. The predicted octanol–water partition coefficient (Wildman–Crippen LogP) is 4.91. The second-order valence-electron chi connectivity index (χ2n) is 7.01. The molecule has 0 aliphatic carbocycles. The number of ether oxygens (including phenoxy) is 1. The lowest BCUT2D eigenvalue weighted by molar-refractivity contribution is -0.119. The van der Waals surface area contributed by atoms with Crippen LogP contribution in [-0.2, 0) is 29.0 Å². The number of carbonyl (C=O) groups is 1. The van der Waals surface area contributed by atoms with Crippen molar-refractivity contribution in [1.82, 2.24) is 14.3 Å². The van der Waals surface area contributed by atoms with Gasteiger partial charge in [-0.2, -0.15) is 0 Å². The van der Waals surface area contributed by atoms with E-state index in [-0.39, 0.29) is 24.4 Å². The lowest BCUT2D eigenvalue weighted by Gasteiger charge is -2.06. The molecule has 1 aromatic heterocycles. The van der Waals surface area contributed by atoms with Gasteiger partial charge in [-0.25, -0.2) is 9.48 Å². The Balaban J connectivity index is 1.72. The number of hydrogen-bond donors (Lipinski definition) is 0. The molecule has 0 saturated heterocycles. The number of hydrogen-bond acceptors (Lipinski definition) is 4. The topological polar surface area (TPSA) is 66.1 Å². The van der Waals surface area contributed by atoms with E-state index < -0.39 is 0 Å². The number of nitrogens with zero attached hydrogens (tertiary/aromatic N) is 3. The van der Waals surface area contributed by atoms with E-state index in [9.17, 15) is 9.59 Å². The van der Waals surface area contributed by atoms with Crippen molar-refractivity contribution >= 4 is 40.6 Å². The first-order chi connectivity index (χ1) is 14.9. The molecule has 31 heavy (non-hydrogen) atoms. The molecule has 0 aliphatic heterocycles. The van der Waals surface area contributed by atoms with Gasteiger partial charge < -0.3 is 4.74 Å². The van der Waals surface area contributed by atoms with Gasteiger partial charge in [0.15, 0.2) is 11.6 Å². The molecular weight excluding hydrogens is 461 g/mol. The summed E-state index contributed by atoms with van der Waals surface area (Å²) in [5.41, 5.74) is 1.20. The Bertz CT molecular complexity index is 1090. The van der Waals surface area contributed by atoms with Crippen LogP contribution in [0, 0.1) is 0 Å². The van der Waals surface area contributed by atoms with Gasteiger partial charge in [-0.05, 0) is 54.8 Å². The number of Topliss-reactive ketones (excluding diaryl/α,β-unsaturated/α-hetero) is 1. The molecule has 0 fully saturated rings. The van der Waals surface area contributed by atoms with Crippen LogP contribution in [0.5, 0.6) is 0 Å². The van der Waals surface area contributed by atoms with E-state index in [1.165, 1.54) is 9.25 Å². The number of halogens is 3. The zero-order valence-electron chi connectivity index (χ0n) is 17.0. The van der Waals surface area contributed by atoms with Crippen molar-refractivity contribution in [3.05, 3.63) is 73.6 Å². The van der Waals surface area contributed by atoms with Crippen LogP contribution in [0.25, 0.3) is 11.4 Å². The van der Waals surface area contributed by atoms with Crippen LogP contribution >= 0.6 is 34.8 Å². The second-order valence-corrected chi connectivity index (χ2v) is 8.26. The maximum absolute atomic E-state index is 12.9. The number of ketones is 1. The summed E-state index contributed by atoms with van der Waals surface area (Å²) >= 11 is 18.3. The highest BCUT2D eigenvalue weighted by Crippen LogP contribution is 2.26. The normalized spacial score (nSPS) is 11.1. The Labute approximate surface area is 195 Å². The van der Waals surface area contributed by atoms with Gasteiger partial charge in [-0.15, -0.1) is 5.10 Å². The molecule has 164 valence electrons. The number of carbonyl (C=O) groups excluding carboxylic acids is 1. The summed E-state index contributed by atoms with van der Waals surface area (Å²) < 4.78 is 7.81. The van der Waals surface area contributed by atoms with Crippen molar-refractivity contribution in [2.45, 2.75) is 32.4 Å². The standard InChI is InChI=1S/C22H22Cl3N3O3/c1-31-13-12-27-21(15-8-10-16(23)11-9-15)26-28(22(27)30)14-17(29)4-2-5-18-19(24)6-3-7-20(18)25/h3,6-11H,2,4-5,12-14H2,1H3. The summed E-state index contributed by atoms with van der Waals surface area (Å²) in [6.07, 6.45) is 1.44. The van der Waals surface area contributed by atoms with E-state index in [1.54, 1.807) is 49.6 Å². The fourth-order valence-electron chi connectivity index (χ4n) is 3.22. The average Bonchev–Trinajstić information content (AvgIpc) is 3.04. The molecule has 1 heterocycles. The van der Waals surface area contributed by atoms with Crippen molar-refractivity contribution in [3.8, 4) is 11.4 Å². The summed E-state index contributed by atoms with van der Waals surface area (Å²) in [4.78, 5) is 25.4. The summed E-state index contributed by atoms with van der Waals surface area (Å²) in [5.74, 6) is 0.374. The van der Waals surface area contributed by atoms with Crippen LogP contribution in [0.3, 0.4) is 0 Å². The molecule has 0 spiro atoms. The molecule has 3 rings (SSSR count). The van der Waals surface area contributed by atoms with Gasteiger partial charge >= 0.3 is 5.69 Å². The minimum atomic E-state index is -0.357. The van der Waals surface area contributed by atoms with Crippen molar-refractivity contribution in [2.75, 3.05) is 13.7 Å². The Kier molecular flexibility index (Phi) is 8.32. The van der Waals surface area contributed by atoms with Crippen molar-refractivity contribution < 1.29 is 9.53 Å². The third-order valence-corrected chi connectivity index (χ3v) is 5.77. The SMILES string of the molecule is COCCn1c(-c2ccc(Cl)cc2)nn(CC(=O)CCCc2c(Cl)cccc2Cl)c1=O. The van der Waals surface area contributed by atoms with Gasteiger partial charge in [-0.3, -0.25) is 9.36 Å². The van der Waals surface area contributed by atoms with Gasteiger partial charge in [0.25, 0.3) is 0 Å². The number of aromatic nitrogens is 3. The third-order valence-electron chi connectivity index (χ3n) is 4.81. The van der Waals surface area contributed by atoms with E-state index in [0.717, 1.165) is 11.1 Å². The van der Waals surface area contributed by atoms with E-state index in [1.807, 2.05) is 0 Å². The van der Waals surface area contributed by atoms with E-state index in [4.69, 9.17) is 39.5 Å². The summed E-state index contributed by atoms with van der Waals surface area (Å²) in [5, 5.41) is 6.16. The minimum Gasteiger partial charge on any atom is -0.383 e. The van der Waals surface area contributed by atoms with Crippen molar-refractivity contribution in [2.24, 2.45) is 0 Å². The van der Waals surface area contributed by atoms with E-state index in [2.05, 4.69) is 5.10 Å². The maximum atomic E-state index is 12.9. The van der Waals surface area contributed by atoms with Crippen molar-refractivity contribution in [3.63, 3.8) is 0 Å². The quantitative estimate of drug-likeness (QED) is 0.412. The molecule has 6 nitrogen and oxygen atoms in total. The third kappa shape index (κ3) is 5.98. The summed E-state index contributed by atoms with van der Waals surface area (Å²) in [6, 6.07) is 12.4. The second kappa shape index (κ2) is 11.0. The largest absolute Gasteiger partial charge is 0.383 e. The van der Waals surface area contributed by atoms with Gasteiger partial charge in [-0.1, -0.05) is 40.9 Å². The fraction of sp³-hybridized carbons (Fsp3) is 0.318. The highest BCUT2D eigenvalue weighted by Gasteiger charge is 2.17. The monoisotopic (exact) mass is 481 g/mol. The molecule has 0 radical (unpaired) electrons. The van der Waals surface area contributed by atoms with Crippen LogP contribution in [-0.4, -0.2) is 33.8 Å². The number of methoxy groups -OCH3 is 1. The smallest absolute Gasteiger partial charge is 0.346 e. The first-order valence-electron chi connectivity index (χ1n) is 9.78. The van der Waals surface area contributed by atoms with E-state index in [0.29, 0.717) is 46.9 Å². The Morgan fingerprint density at radius 2 is 1.74 bits per heavy atom. The zero-order valence-corrected chi connectivity index (χ0v) is 19.3. The zero-order chi connectivity index (χ0) is 22.4. The first-order valence-corrected chi connectivity index (χ1v) is 10.9. The van der Waals surface area contributed by atoms with Gasteiger partial charge in [0, 0.05) is 34.2 Å². The molecule has 3 aromatic rings. The molecule has 0 saturated carbocycles. The minimum absolute atomic E-state index is 0.0932. The van der Waals surface area contributed by atoms with Crippen LogP contribution in [0.4, 0.5) is 0 Å². The number of rotatable bonds is 10. The van der Waals surface area contributed by atoms with Gasteiger partial charge in [0.1, 0.15) is 6.54 Å². The van der Waals surface area contributed by atoms with Crippen LogP contribution < -0.4 is 5.69 Å². The Morgan fingerprint density at radius 3 is 2.39 bits per heavy atom. The highest BCUT2D eigenvalue weighted by atomic mass is 35.5. The van der Waals surface area contributed by atoms with Gasteiger partial charge in [0.2, 0.25) is 0 Å². The van der Waals surface area contributed by atoms with Crippen LogP contribution in [0.15, 0.2) is 47.3 Å². The molecule has 0 unspecified atom stereocenters. The maximum Gasteiger partial charge on any atom is 0.346 e. The average molecular weight is 483 g/mol. The van der Waals surface area contributed by atoms with Crippen molar-refractivity contribution in [1.29, 1.82) is 0 Å². The number of benzene rings is 2. The molecule has 0 atom stereocenters. The Morgan fingerprint density at radius 1 is 1.06 bits per heavy atom. The lowest BCUT2D eigenvalue weighted by Crippen LogP contribution is -2.28. The highest BCUT2D eigenvalue weighted by molar-refractivity contribution is 6.36. The molecule has 0 aliphatic rings. The van der Waals surface area contributed by atoms with E-state index >= 15 is 0 Å². The predicted molar refractivity (Wildman–Crippen MR) is 123 cm³/mol. The van der Waals surface area contributed by atoms with Gasteiger partial charge in [0.05, 0.1) is 13.2 Å². The molecular formula is C22H22Cl3N3O3. The lowest BCUT2D eigenvalue weighted by atomic mass is 10.1. The molecule has 0 amide bonds. The van der Waals surface area contributed by atoms with Crippen LogP contribution in [0.1, 0.15) is 18.4 Å².